The number of ketones is 1. The average molecular weight is 483 g/mol. The van der Waals surface area contributed by atoms with Crippen LogP contribution in [0.5, 0.6) is 11.5 Å². The van der Waals surface area contributed by atoms with Gasteiger partial charge in [-0.15, -0.1) is 0 Å². The molecule has 3 rings (SSSR count). The maximum Gasteiger partial charge on any atom is 0.335 e. The second-order valence-electron chi connectivity index (χ2n) is 7.67. The van der Waals surface area contributed by atoms with Crippen molar-refractivity contribution >= 4 is 27.7 Å². The van der Waals surface area contributed by atoms with Gasteiger partial charge in [-0.2, -0.15) is 0 Å². The van der Waals surface area contributed by atoms with Crippen molar-refractivity contribution in [3.05, 3.63) is 81.8 Å². The second kappa shape index (κ2) is 9.79. The van der Waals surface area contributed by atoms with E-state index in [1.54, 1.807) is 30.3 Å². The Morgan fingerprint density at radius 2 is 1.68 bits per heavy atom. The Morgan fingerprint density at radius 1 is 1.00 bits per heavy atom. The quantitative estimate of drug-likeness (QED) is 0.366. The first-order chi connectivity index (χ1) is 14.8. The largest absolute Gasteiger partial charge is 0.506 e. The lowest BCUT2D eigenvalue weighted by atomic mass is 10.0. The smallest absolute Gasteiger partial charge is 0.335 e. The van der Waals surface area contributed by atoms with E-state index in [1.807, 2.05) is 44.2 Å². The predicted molar refractivity (Wildman–Crippen MR) is 123 cm³/mol. The van der Waals surface area contributed by atoms with Gasteiger partial charge < -0.3 is 14.9 Å². The lowest BCUT2D eigenvalue weighted by Crippen LogP contribution is -2.05. The molecule has 6 heteroatoms. The number of hydrogen-bond donors (Lipinski definition) is 2. The molecular formula is C25H23BrO5. The molecule has 0 saturated heterocycles. The van der Waals surface area contributed by atoms with Gasteiger partial charge in [0, 0.05) is 6.42 Å². The van der Waals surface area contributed by atoms with Gasteiger partial charge >= 0.3 is 5.97 Å². The maximum absolute atomic E-state index is 12.3. The van der Waals surface area contributed by atoms with Gasteiger partial charge in [-0.05, 0) is 68.9 Å². The van der Waals surface area contributed by atoms with E-state index < -0.39 is 5.97 Å². The molecule has 2 N–H and O–H groups in total. The first-order valence-corrected chi connectivity index (χ1v) is 10.7. The Hall–Kier alpha value is -3.12. The van der Waals surface area contributed by atoms with Crippen molar-refractivity contribution in [3.63, 3.8) is 0 Å². The number of halogens is 1. The van der Waals surface area contributed by atoms with Gasteiger partial charge in [0.05, 0.1) is 11.1 Å². The molecule has 160 valence electrons. The fourth-order valence-electron chi connectivity index (χ4n) is 3.20. The predicted octanol–water partition coefficient (Wildman–Crippen LogP) is 6.33. The fourth-order valence-corrected chi connectivity index (χ4v) is 3.66. The van der Waals surface area contributed by atoms with E-state index in [1.165, 1.54) is 0 Å². The number of carboxylic acid groups (broad SMARTS) is 1. The Morgan fingerprint density at radius 3 is 2.35 bits per heavy atom. The standard InChI is InChI=1S/C25H23BrO5/c1-15(2)11-21(27)20-9-10-22(23(26)24(20)28)31-14-16-5-3-6-17(12-16)18-7-4-8-19(13-18)25(29)30/h3-10,12-13,15,28H,11,14H2,1-2H3,(H,29,30). The molecule has 0 atom stereocenters. The minimum Gasteiger partial charge on any atom is -0.506 e. The summed E-state index contributed by atoms with van der Waals surface area (Å²) in [5, 5.41) is 19.6. The molecule has 3 aromatic carbocycles. The van der Waals surface area contributed by atoms with Crippen molar-refractivity contribution in [3.8, 4) is 22.6 Å². The average Bonchev–Trinajstić information content (AvgIpc) is 2.74. The summed E-state index contributed by atoms with van der Waals surface area (Å²) in [6.07, 6.45) is 0.357. The van der Waals surface area contributed by atoms with Gasteiger partial charge in [-0.1, -0.05) is 44.2 Å². The molecule has 31 heavy (non-hydrogen) atoms. The minimum atomic E-state index is -0.971. The van der Waals surface area contributed by atoms with Crippen LogP contribution in [0, 0.1) is 5.92 Å². The molecule has 0 bridgehead atoms. The van der Waals surface area contributed by atoms with Crippen LogP contribution in [0.15, 0.2) is 65.1 Å². The fraction of sp³-hybridized carbons (Fsp3) is 0.200. The van der Waals surface area contributed by atoms with Gasteiger partial charge in [0.25, 0.3) is 0 Å². The van der Waals surface area contributed by atoms with Crippen molar-refractivity contribution in [1.82, 2.24) is 0 Å². The summed E-state index contributed by atoms with van der Waals surface area (Å²) in [6, 6.07) is 17.6. The number of Topliss-reactive ketones (excluding diaryl/α,β-unsaturated/α-hetero) is 1. The lowest BCUT2D eigenvalue weighted by Gasteiger charge is -2.13. The zero-order chi connectivity index (χ0) is 22.5. The first-order valence-electron chi connectivity index (χ1n) is 9.86. The highest BCUT2D eigenvalue weighted by molar-refractivity contribution is 9.10. The van der Waals surface area contributed by atoms with Gasteiger partial charge in [0.1, 0.15) is 22.6 Å². The molecule has 3 aromatic rings. The number of aromatic carboxylic acids is 1. The van der Waals surface area contributed by atoms with E-state index in [2.05, 4.69) is 15.9 Å². The Bertz CT molecular complexity index is 1120. The molecule has 5 nitrogen and oxygen atoms in total. The molecule has 0 saturated carbocycles. The van der Waals surface area contributed by atoms with Gasteiger partial charge in [0.15, 0.2) is 5.78 Å². The number of phenolic OH excluding ortho intramolecular Hbond substituents is 1. The molecule has 0 unspecified atom stereocenters. The van der Waals surface area contributed by atoms with E-state index in [9.17, 15) is 19.8 Å². The Labute approximate surface area is 189 Å². The van der Waals surface area contributed by atoms with Crippen molar-refractivity contribution < 1.29 is 24.5 Å². The maximum atomic E-state index is 12.3. The van der Waals surface area contributed by atoms with Crippen molar-refractivity contribution in [2.24, 2.45) is 5.92 Å². The van der Waals surface area contributed by atoms with Gasteiger partial charge in [0.2, 0.25) is 0 Å². The molecule has 0 spiro atoms. The van der Waals surface area contributed by atoms with Crippen LogP contribution in [-0.2, 0) is 6.61 Å². The zero-order valence-corrected chi connectivity index (χ0v) is 18.8. The summed E-state index contributed by atoms with van der Waals surface area (Å²) in [7, 11) is 0. The molecular weight excluding hydrogens is 460 g/mol. The summed E-state index contributed by atoms with van der Waals surface area (Å²) in [4.78, 5) is 23.5. The topological polar surface area (TPSA) is 83.8 Å². The van der Waals surface area contributed by atoms with E-state index in [0.29, 0.717) is 16.6 Å². The molecule has 0 amide bonds. The number of hydrogen-bond acceptors (Lipinski definition) is 4. The van der Waals surface area contributed by atoms with Crippen molar-refractivity contribution in [2.75, 3.05) is 0 Å². The van der Waals surface area contributed by atoms with Gasteiger partial charge in [-0.3, -0.25) is 4.79 Å². The normalized spacial score (nSPS) is 10.8. The van der Waals surface area contributed by atoms with Crippen molar-refractivity contribution in [1.29, 1.82) is 0 Å². The Kier molecular flexibility index (Phi) is 7.13. The summed E-state index contributed by atoms with van der Waals surface area (Å²) in [6.45, 7) is 4.14. The van der Waals surface area contributed by atoms with Crippen LogP contribution in [0.4, 0.5) is 0 Å². The number of carboxylic acids is 1. The highest BCUT2D eigenvalue weighted by Gasteiger charge is 2.18. The number of benzene rings is 3. The van der Waals surface area contributed by atoms with Crippen LogP contribution in [0.2, 0.25) is 0 Å². The van der Waals surface area contributed by atoms with Crippen LogP contribution in [0.1, 0.15) is 46.5 Å². The van der Waals surface area contributed by atoms with Gasteiger partial charge in [-0.25, -0.2) is 4.79 Å². The van der Waals surface area contributed by atoms with Crippen LogP contribution < -0.4 is 4.74 Å². The van der Waals surface area contributed by atoms with E-state index in [0.717, 1.165) is 16.7 Å². The number of rotatable bonds is 8. The molecule has 0 heterocycles. The van der Waals surface area contributed by atoms with Crippen LogP contribution >= 0.6 is 15.9 Å². The second-order valence-corrected chi connectivity index (χ2v) is 8.46. The molecule has 0 aliphatic rings. The third-order valence-electron chi connectivity index (χ3n) is 4.74. The van der Waals surface area contributed by atoms with Crippen LogP contribution in [-0.4, -0.2) is 22.0 Å². The summed E-state index contributed by atoms with van der Waals surface area (Å²) in [5.41, 5.74) is 3.05. The molecule has 0 aromatic heterocycles. The summed E-state index contributed by atoms with van der Waals surface area (Å²) >= 11 is 3.33. The Balaban J connectivity index is 1.77. The third kappa shape index (κ3) is 5.52. The number of aromatic hydroxyl groups is 1. The highest BCUT2D eigenvalue weighted by Crippen LogP contribution is 2.37. The highest BCUT2D eigenvalue weighted by atomic mass is 79.9. The van der Waals surface area contributed by atoms with Crippen LogP contribution in [0.3, 0.4) is 0 Å². The molecule has 0 aliphatic carbocycles. The monoisotopic (exact) mass is 482 g/mol. The number of phenols is 1. The SMILES string of the molecule is CC(C)CC(=O)c1ccc(OCc2cccc(-c3cccc(C(=O)O)c3)c2)c(Br)c1O. The van der Waals surface area contributed by atoms with Crippen molar-refractivity contribution in [2.45, 2.75) is 26.9 Å². The number of carbonyl (C=O) groups excluding carboxylic acids is 1. The number of ether oxygens (including phenoxy) is 1. The lowest BCUT2D eigenvalue weighted by molar-refractivity contribution is 0.0696. The molecule has 0 radical (unpaired) electrons. The molecule has 0 fully saturated rings. The first kappa shape index (κ1) is 22.6. The number of carbonyl (C=O) groups is 2. The molecule has 0 aliphatic heterocycles. The summed E-state index contributed by atoms with van der Waals surface area (Å²) in [5.74, 6) is -0.582. The van der Waals surface area contributed by atoms with E-state index in [-0.39, 0.29) is 35.2 Å². The van der Waals surface area contributed by atoms with Crippen LogP contribution in [0.25, 0.3) is 11.1 Å². The summed E-state index contributed by atoms with van der Waals surface area (Å²) < 4.78 is 6.20. The minimum absolute atomic E-state index is 0.115. The third-order valence-corrected chi connectivity index (χ3v) is 5.51. The van der Waals surface area contributed by atoms with E-state index >= 15 is 0 Å². The zero-order valence-electron chi connectivity index (χ0n) is 17.3. The van der Waals surface area contributed by atoms with E-state index in [4.69, 9.17) is 4.74 Å².